The van der Waals surface area contributed by atoms with Crippen LogP contribution in [-0.2, 0) is 19.0 Å². The molecule has 0 amide bonds. The first-order chi connectivity index (χ1) is 8.39. The second-order valence-electron chi connectivity index (χ2n) is 5.84. The Hall–Kier alpha value is -0.610. The van der Waals surface area contributed by atoms with Crippen LogP contribution in [0.25, 0.3) is 0 Å². The van der Waals surface area contributed by atoms with Crippen LogP contribution >= 0.6 is 0 Å². The summed E-state index contributed by atoms with van der Waals surface area (Å²) in [5.74, 6) is -0.258. The number of carbonyl (C=O) groups is 1. The Morgan fingerprint density at radius 2 is 2.11 bits per heavy atom. The summed E-state index contributed by atoms with van der Waals surface area (Å²) in [7, 11) is 0. The van der Waals surface area contributed by atoms with Crippen molar-refractivity contribution in [1.82, 2.24) is 0 Å². The lowest BCUT2D eigenvalue weighted by atomic mass is 9.97. The summed E-state index contributed by atoms with van der Waals surface area (Å²) in [6, 6.07) is 0. The molecule has 1 rings (SSSR count). The van der Waals surface area contributed by atoms with E-state index in [9.17, 15) is 4.79 Å². The second kappa shape index (κ2) is 7.10. The third-order valence-electron chi connectivity index (χ3n) is 2.72. The van der Waals surface area contributed by atoms with E-state index < -0.39 is 5.41 Å². The van der Waals surface area contributed by atoms with E-state index >= 15 is 0 Å². The molecule has 0 N–H and O–H groups in total. The van der Waals surface area contributed by atoms with Crippen molar-refractivity contribution in [3.05, 3.63) is 6.92 Å². The molecule has 1 heterocycles. The summed E-state index contributed by atoms with van der Waals surface area (Å²) in [4.78, 5) is 11.6. The van der Waals surface area contributed by atoms with E-state index in [1.807, 2.05) is 20.8 Å². The van der Waals surface area contributed by atoms with E-state index in [-0.39, 0.29) is 18.2 Å². The quantitative estimate of drug-likeness (QED) is 0.710. The zero-order chi connectivity index (χ0) is 13.6. The molecule has 105 valence electrons. The van der Waals surface area contributed by atoms with E-state index in [1.165, 1.54) is 0 Å². The number of ether oxygens (including phenoxy) is 3. The normalized spacial score (nSPS) is 22.6. The molecule has 4 nitrogen and oxygen atoms in total. The van der Waals surface area contributed by atoms with Crippen LogP contribution in [0, 0.1) is 18.3 Å². The molecule has 2 atom stereocenters. The van der Waals surface area contributed by atoms with Gasteiger partial charge in [0.05, 0.1) is 18.6 Å². The van der Waals surface area contributed by atoms with Crippen LogP contribution in [0.3, 0.4) is 0 Å². The predicted molar refractivity (Wildman–Crippen MR) is 68.8 cm³/mol. The summed E-state index contributed by atoms with van der Waals surface area (Å²) < 4.78 is 16.2. The van der Waals surface area contributed by atoms with Crippen LogP contribution in [0.4, 0.5) is 0 Å². The van der Waals surface area contributed by atoms with Crippen molar-refractivity contribution in [3.63, 3.8) is 0 Å². The molecule has 1 fully saturated rings. The molecule has 0 saturated carbocycles. The third kappa shape index (κ3) is 5.83. The first kappa shape index (κ1) is 15.4. The molecular weight excluding hydrogens is 232 g/mol. The van der Waals surface area contributed by atoms with Gasteiger partial charge in [0.15, 0.2) is 6.29 Å². The molecule has 1 aliphatic rings. The van der Waals surface area contributed by atoms with Crippen molar-refractivity contribution < 1.29 is 19.0 Å². The summed E-state index contributed by atoms with van der Waals surface area (Å²) in [6.07, 6.45) is 3.08. The highest BCUT2D eigenvalue weighted by molar-refractivity contribution is 5.75. The lowest BCUT2D eigenvalue weighted by Gasteiger charge is -2.24. The van der Waals surface area contributed by atoms with E-state index in [2.05, 4.69) is 6.92 Å². The van der Waals surface area contributed by atoms with Crippen LogP contribution in [-0.4, -0.2) is 32.1 Å². The van der Waals surface area contributed by atoms with Gasteiger partial charge in [0.2, 0.25) is 0 Å². The minimum absolute atomic E-state index is 0.0539. The smallest absolute Gasteiger partial charge is 0.311 e. The first-order valence-electron chi connectivity index (χ1n) is 6.63. The molecule has 1 aliphatic heterocycles. The molecule has 0 aromatic carbocycles. The van der Waals surface area contributed by atoms with Crippen molar-refractivity contribution in [1.29, 1.82) is 0 Å². The van der Waals surface area contributed by atoms with E-state index in [1.54, 1.807) is 0 Å². The summed E-state index contributed by atoms with van der Waals surface area (Å²) in [5.41, 5.74) is -0.465. The van der Waals surface area contributed by atoms with Crippen LogP contribution < -0.4 is 0 Å². The van der Waals surface area contributed by atoms with Crippen molar-refractivity contribution in [2.45, 2.75) is 46.3 Å². The van der Waals surface area contributed by atoms with Gasteiger partial charge in [-0.2, -0.15) is 0 Å². The SMILES string of the molecule is [CH2]C(COC(=O)C(C)(C)C)COC1CCCCO1. The zero-order valence-electron chi connectivity index (χ0n) is 11.7. The number of hydrogen-bond acceptors (Lipinski definition) is 4. The number of carbonyl (C=O) groups excluding carboxylic acids is 1. The molecule has 0 aromatic heterocycles. The maximum atomic E-state index is 11.6. The van der Waals surface area contributed by atoms with Crippen LogP contribution in [0.15, 0.2) is 0 Å². The van der Waals surface area contributed by atoms with Crippen molar-refractivity contribution in [2.24, 2.45) is 11.3 Å². The van der Waals surface area contributed by atoms with Crippen molar-refractivity contribution in [2.75, 3.05) is 19.8 Å². The minimum atomic E-state index is -0.465. The number of hydrogen-bond donors (Lipinski definition) is 0. The van der Waals surface area contributed by atoms with Crippen LogP contribution in [0.5, 0.6) is 0 Å². The summed E-state index contributed by atoms with van der Waals surface area (Å²) in [5, 5.41) is 0. The van der Waals surface area contributed by atoms with Gasteiger partial charge >= 0.3 is 5.97 Å². The average molecular weight is 257 g/mol. The molecule has 0 aliphatic carbocycles. The Bertz CT molecular complexity index is 251. The van der Waals surface area contributed by atoms with Gasteiger partial charge in [0.1, 0.15) is 0 Å². The molecular formula is C14H25O4. The lowest BCUT2D eigenvalue weighted by molar-refractivity contribution is -0.172. The monoisotopic (exact) mass is 257 g/mol. The Kier molecular flexibility index (Phi) is 6.09. The Morgan fingerprint density at radius 3 is 2.67 bits per heavy atom. The minimum Gasteiger partial charge on any atom is -0.465 e. The Morgan fingerprint density at radius 1 is 1.39 bits per heavy atom. The van der Waals surface area contributed by atoms with Crippen molar-refractivity contribution >= 4 is 5.97 Å². The van der Waals surface area contributed by atoms with E-state index in [4.69, 9.17) is 14.2 Å². The van der Waals surface area contributed by atoms with E-state index in [0.29, 0.717) is 13.2 Å². The molecule has 18 heavy (non-hydrogen) atoms. The fourth-order valence-electron chi connectivity index (χ4n) is 1.54. The van der Waals surface area contributed by atoms with Gasteiger partial charge in [0, 0.05) is 12.5 Å². The van der Waals surface area contributed by atoms with Crippen molar-refractivity contribution in [3.8, 4) is 0 Å². The molecule has 2 unspecified atom stereocenters. The van der Waals surface area contributed by atoms with Gasteiger partial charge in [-0.3, -0.25) is 4.79 Å². The Balaban J connectivity index is 2.13. The number of esters is 1. The largest absolute Gasteiger partial charge is 0.465 e. The fraction of sp³-hybridized carbons (Fsp3) is 0.857. The number of rotatable bonds is 5. The lowest BCUT2D eigenvalue weighted by Crippen LogP contribution is -2.28. The van der Waals surface area contributed by atoms with Gasteiger partial charge in [-0.1, -0.05) is 0 Å². The van der Waals surface area contributed by atoms with Gasteiger partial charge < -0.3 is 14.2 Å². The summed E-state index contributed by atoms with van der Waals surface area (Å²) in [6.45, 7) is 10.9. The maximum absolute atomic E-state index is 11.6. The van der Waals surface area contributed by atoms with Gasteiger partial charge in [-0.15, -0.1) is 0 Å². The summed E-state index contributed by atoms with van der Waals surface area (Å²) >= 11 is 0. The van der Waals surface area contributed by atoms with Gasteiger partial charge in [0.25, 0.3) is 0 Å². The molecule has 0 bridgehead atoms. The third-order valence-corrected chi connectivity index (χ3v) is 2.72. The van der Waals surface area contributed by atoms with Crippen LogP contribution in [0.2, 0.25) is 0 Å². The molecule has 0 spiro atoms. The zero-order valence-corrected chi connectivity index (χ0v) is 11.7. The molecule has 0 aromatic rings. The highest BCUT2D eigenvalue weighted by atomic mass is 16.7. The molecule has 1 radical (unpaired) electrons. The highest BCUT2D eigenvalue weighted by Crippen LogP contribution is 2.17. The Labute approximate surface area is 110 Å². The first-order valence-corrected chi connectivity index (χ1v) is 6.63. The van der Waals surface area contributed by atoms with Gasteiger partial charge in [-0.25, -0.2) is 0 Å². The van der Waals surface area contributed by atoms with Crippen LogP contribution in [0.1, 0.15) is 40.0 Å². The maximum Gasteiger partial charge on any atom is 0.311 e. The molecule has 1 saturated heterocycles. The van der Waals surface area contributed by atoms with Gasteiger partial charge in [-0.05, 0) is 47.0 Å². The predicted octanol–water partition coefficient (Wildman–Crippen LogP) is 2.57. The van der Waals surface area contributed by atoms with E-state index in [0.717, 1.165) is 25.9 Å². The topological polar surface area (TPSA) is 44.8 Å². The standard InChI is InChI=1S/C14H25O4/c1-11(10-18-13(15)14(2,3)4)9-17-12-7-5-6-8-16-12/h11-12H,1,5-10H2,2-4H3. The average Bonchev–Trinajstić information content (AvgIpc) is 2.33. The second-order valence-corrected chi connectivity index (χ2v) is 5.84. The fourth-order valence-corrected chi connectivity index (χ4v) is 1.54. The molecule has 4 heteroatoms. The highest BCUT2D eigenvalue weighted by Gasteiger charge is 2.24.